The number of benzene rings is 1. The van der Waals surface area contributed by atoms with E-state index in [0.29, 0.717) is 6.54 Å². The molecule has 0 aliphatic rings. The summed E-state index contributed by atoms with van der Waals surface area (Å²) in [4.78, 5) is 12.3. The van der Waals surface area contributed by atoms with Crippen molar-refractivity contribution in [2.75, 3.05) is 6.54 Å². The fourth-order valence-electron chi connectivity index (χ4n) is 1.74. The quantitative estimate of drug-likeness (QED) is 0.798. The Bertz CT molecular complexity index is 525. The molecular weight excluding hydrogens is 202 g/mol. The molecule has 1 aromatic heterocycles. The standard InChI is InChI=1S/C12H13N3O/c1-8(6-13-2)12-10-5-9(16)3-4-11(10)14-7-15-12/h3-5,7-8,16H,2,6H2,1H3. The molecule has 0 saturated carbocycles. The van der Waals surface area contributed by atoms with Crippen LogP contribution in [0.2, 0.25) is 0 Å². The third-order valence-corrected chi connectivity index (χ3v) is 2.52. The molecule has 0 aliphatic heterocycles. The largest absolute Gasteiger partial charge is 0.508 e. The van der Waals surface area contributed by atoms with Gasteiger partial charge in [0.2, 0.25) is 0 Å². The van der Waals surface area contributed by atoms with Crippen LogP contribution in [-0.4, -0.2) is 28.3 Å². The topological polar surface area (TPSA) is 58.4 Å². The highest BCUT2D eigenvalue weighted by molar-refractivity contribution is 5.82. The average molecular weight is 215 g/mol. The second-order valence-corrected chi connectivity index (χ2v) is 3.77. The van der Waals surface area contributed by atoms with Crippen molar-refractivity contribution in [3.8, 4) is 5.75 Å². The van der Waals surface area contributed by atoms with Gasteiger partial charge in [-0.1, -0.05) is 6.92 Å². The number of phenolic OH excluding ortho intramolecular Hbond substituents is 1. The molecule has 16 heavy (non-hydrogen) atoms. The third-order valence-electron chi connectivity index (χ3n) is 2.52. The fraction of sp³-hybridized carbons (Fsp3) is 0.250. The van der Waals surface area contributed by atoms with Crippen molar-refractivity contribution >= 4 is 17.6 Å². The van der Waals surface area contributed by atoms with E-state index >= 15 is 0 Å². The monoisotopic (exact) mass is 215 g/mol. The highest BCUT2D eigenvalue weighted by atomic mass is 16.3. The van der Waals surface area contributed by atoms with Crippen molar-refractivity contribution < 1.29 is 5.11 Å². The second kappa shape index (κ2) is 4.26. The molecule has 2 aromatic rings. The maximum Gasteiger partial charge on any atom is 0.116 e. The number of rotatable bonds is 3. The number of aromatic nitrogens is 2. The zero-order valence-corrected chi connectivity index (χ0v) is 9.09. The Kier molecular flexibility index (Phi) is 2.81. The Morgan fingerprint density at radius 1 is 1.44 bits per heavy atom. The van der Waals surface area contributed by atoms with Gasteiger partial charge in [0.1, 0.15) is 12.1 Å². The molecule has 1 atom stereocenters. The molecule has 0 aliphatic carbocycles. The van der Waals surface area contributed by atoms with Gasteiger partial charge in [0.05, 0.1) is 11.2 Å². The number of phenols is 1. The Hall–Kier alpha value is -1.97. The molecule has 4 heteroatoms. The van der Waals surface area contributed by atoms with Gasteiger partial charge in [-0.3, -0.25) is 0 Å². The number of hydrogen-bond acceptors (Lipinski definition) is 4. The van der Waals surface area contributed by atoms with Gasteiger partial charge in [0.25, 0.3) is 0 Å². The highest BCUT2D eigenvalue weighted by Crippen LogP contribution is 2.25. The lowest BCUT2D eigenvalue weighted by Gasteiger charge is -2.10. The summed E-state index contributed by atoms with van der Waals surface area (Å²) in [6, 6.07) is 5.09. The fourth-order valence-corrected chi connectivity index (χ4v) is 1.74. The molecule has 0 radical (unpaired) electrons. The molecule has 0 fully saturated rings. The maximum atomic E-state index is 9.48. The van der Waals surface area contributed by atoms with Gasteiger partial charge in [-0.2, -0.15) is 0 Å². The Balaban J connectivity index is 2.59. The van der Waals surface area contributed by atoms with Crippen LogP contribution in [0.15, 0.2) is 29.5 Å². The first kappa shape index (κ1) is 10.5. The van der Waals surface area contributed by atoms with Gasteiger partial charge in [0, 0.05) is 17.8 Å². The van der Waals surface area contributed by atoms with Gasteiger partial charge >= 0.3 is 0 Å². The van der Waals surface area contributed by atoms with Crippen LogP contribution in [0.5, 0.6) is 5.75 Å². The molecule has 0 spiro atoms. The van der Waals surface area contributed by atoms with Crippen LogP contribution in [0, 0.1) is 0 Å². The van der Waals surface area contributed by atoms with Crippen LogP contribution in [0.1, 0.15) is 18.5 Å². The van der Waals surface area contributed by atoms with Crippen molar-refractivity contribution in [2.24, 2.45) is 4.99 Å². The van der Waals surface area contributed by atoms with Crippen molar-refractivity contribution in [3.05, 3.63) is 30.2 Å². The number of aromatic hydroxyl groups is 1. The Morgan fingerprint density at radius 3 is 3.00 bits per heavy atom. The smallest absolute Gasteiger partial charge is 0.116 e. The molecule has 82 valence electrons. The zero-order valence-electron chi connectivity index (χ0n) is 9.09. The van der Waals surface area contributed by atoms with Crippen LogP contribution in [0.3, 0.4) is 0 Å². The lowest BCUT2D eigenvalue weighted by molar-refractivity contribution is 0.476. The lowest BCUT2D eigenvalue weighted by atomic mass is 10.0. The van der Waals surface area contributed by atoms with E-state index in [2.05, 4.69) is 21.7 Å². The van der Waals surface area contributed by atoms with Crippen LogP contribution < -0.4 is 0 Å². The first-order valence-electron chi connectivity index (χ1n) is 5.08. The summed E-state index contributed by atoms with van der Waals surface area (Å²) in [5, 5.41) is 10.3. The molecule has 1 unspecified atom stereocenters. The number of fused-ring (bicyclic) bond motifs is 1. The number of nitrogens with zero attached hydrogens (tertiary/aromatic N) is 3. The molecule has 4 nitrogen and oxygen atoms in total. The normalized spacial score (nSPS) is 12.6. The van der Waals surface area contributed by atoms with Crippen molar-refractivity contribution in [1.82, 2.24) is 9.97 Å². The summed E-state index contributed by atoms with van der Waals surface area (Å²) in [6.07, 6.45) is 1.54. The van der Waals surface area contributed by atoms with E-state index in [-0.39, 0.29) is 11.7 Å². The van der Waals surface area contributed by atoms with E-state index < -0.39 is 0 Å². The first-order valence-corrected chi connectivity index (χ1v) is 5.08. The van der Waals surface area contributed by atoms with E-state index in [9.17, 15) is 5.11 Å². The molecule has 1 heterocycles. The molecule has 1 aromatic carbocycles. The SMILES string of the molecule is C=NCC(C)c1ncnc2ccc(O)cc12. The molecular formula is C12H13N3O. The van der Waals surface area contributed by atoms with E-state index in [1.54, 1.807) is 18.2 Å². The van der Waals surface area contributed by atoms with Gasteiger partial charge < -0.3 is 10.1 Å². The van der Waals surface area contributed by atoms with Crippen LogP contribution in [-0.2, 0) is 0 Å². The number of hydrogen-bond donors (Lipinski definition) is 1. The van der Waals surface area contributed by atoms with Crippen LogP contribution in [0.4, 0.5) is 0 Å². The van der Waals surface area contributed by atoms with Crippen molar-refractivity contribution in [1.29, 1.82) is 0 Å². The molecule has 2 rings (SSSR count). The van der Waals surface area contributed by atoms with E-state index in [1.165, 1.54) is 6.33 Å². The summed E-state index contributed by atoms with van der Waals surface area (Å²) in [6.45, 7) is 6.12. The minimum absolute atomic E-state index is 0.171. The van der Waals surface area contributed by atoms with Gasteiger partial charge in [-0.25, -0.2) is 9.97 Å². The highest BCUT2D eigenvalue weighted by Gasteiger charge is 2.11. The van der Waals surface area contributed by atoms with E-state index in [4.69, 9.17) is 0 Å². The first-order chi connectivity index (χ1) is 7.72. The summed E-state index contributed by atoms with van der Waals surface area (Å²) in [5.74, 6) is 0.395. The maximum absolute atomic E-state index is 9.48. The minimum atomic E-state index is 0.171. The molecule has 0 saturated heterocycles. The van der Waals surface area contributed by atoms with Gasteiger partial charge in [-0.15, -0.1) is 0 Å². The summed E-state index contributed by atoms with van der Waals surface area (Å²) in [7, 11) is 0. The Morgan fingerprint density at radius 2 is 2.25 bits per heavy atom. The third kappa shape index (κ3) is 1.86. The lowest BCUT2D eigenvalue weighted by Crippen LogP contribution is -2.02. The summed E-state index contributed by atoms with van der Waals surface area (Å²) in [5.41, 5.74) is 1.73. The van der Waals surface area contributed by atoms with Crippen LogP contribution >= 0.6 is 0 Å². The molecule has 1 N–H and O–H groups in total. The van der Waals surface area contributed by atoms with Crippen molar-refractivity contribution in [3.63, 3.8) is 0 Å². The Labute approximate surface area is 93.7 Å². The van der Waals surface area contributed by atoms with E-state index in [0.717, 1.165) is 16.6 Å². The van der Waals surface area contributed by atoms with Gasteiger partial charge in [-0.05, 0) is 24.9 Å². The predicted molar refractivity (Wildman–Crippen MR) is 64.0 cm³/mol. The van der Waals surface area contributed by atoms with E-state index in [1.807, 2.05) is 6.92 Å². The van der Waals surface area contributed by atoms with Crippen LogP contribution in [0.25, 0.3) is 10.9 Å². The van der Waals surface area contributed by atoms with Gasteiger partial charge in [0.15, 0.2) is 0 Å². The minimum Gasteiger partial charge on any atom is -0.508 e. The summed E-state index contributed by atoms with van der Waals surface area (Å²) < 4.78 is 0. The average Bonchev–Trinajstić information content (AvgIpc) is 2.28. The van der Waals surface area contributed by atoms with Crippen molar-refractivity contribution in [2.45, 2.75) is 12.8 Å². The molecule has 0 amide bonds. The molecule has 0 bridgehead atoms. The zero-order chi connectivity index (χ0) is 11.5. The predicted octanol–water partition coefficient (Wildman–Crippen LogP) is 2.14. The summed E-state index contributed by atoms with van der Waals surface area (Å²) >= 11 is 0. The number of aliphatic imine (C=N–C) groups is 1. The second-order valence-electron chi connectivity index (χ2n) is 3.77.